The summed E-state index contributed by atoms with van der Waals surface area (Å²) in [6.45, 7) is 9.36. The van der Waals surface area contributed by atoms with Crippen LogP contribution >= 0.6 is 23.1 Å². The SMILES string of the molecule is CC(C)Cc1nc2sc3c(SCc4ccc(F)cc4)ncnc3c2c2c1COC(C)(C)C2. The number of hydrogen-bond acceptors (Lipinski definition) is 6. The van der Waals surface area contributed by atoms with Crippen LogP contribution in [0.1, 0.15) is 50.1 Å². The third-order valence-electron chi connectivity index (χ3n) is 5.77. The smallest absolute Gasteiger partial charge is 0.126 e. The molecule has 0 bridgehead atoms. The number of fused-ring (bicyclic) bond motifs is 5. The summed E-state index contributed by atoms with van der Waals surface area (Å²) in [4.78, 5) is 15.4. The van der Waals surface area contributed by atoms with Gasteiger partial charge in [0.15, 0.2) is 0 Å². The number of nitrogens with zero attached hydrogens (tertiary/aromatic N) is 3. The molecule has 3 aromatic heterocycles. The van der Waals surface area contributed by atoms with Gasteiger partial charge in [-0.05, 0) is 49.4 Å². The van der Waals surface area contributed by atoms with Crippen LogP contribution in [0.3, 0.4) is 0 Å². The quantitative estimate of drug-likeness (QED) is 0.241. The van der Waals surface area contributed by atoms with Gasteiger partial charge in [-0.25, -0.2) is 19.3 Å². The van der Waals surface area contributed by atoms with Crippen LogP contribution in [0.5, 0.6) is 0 Å². The van der Waals surface area contributed by atoms with Gasteiger partial charge in [-0.2, -0.15) is 0 Å². The zero-order valence-electron chi connectivity index (χ0n) is 18.7. The van der Waals surface area contributed by atoms with Gasteiger partial charge in [-0.15, -0.1) is 23.1 Å². The molecule has 0 spiro atoms. The van der Waals surface area contributed by atoms with Crippen molar-refractivity contribution in [1.29, 1.82) is 0 Å². The minimum Gasteiger partial charge on any atom is -0.370 e. The Morgan fingerprint density at radius 1 is 1.16 bits per heavy atom. The first kappa shape index (κ1) is 21.7. The summed E-state index contributed by atoms with van der Waals surface area (Å²) in [5.74, 6) is 1.04. The topological polar surface area (TPSA) is 47.9 Å². The Balaban J connectivity index is 1.63. The van der Waals surface area contributed by atoms with Gasteiger partial charge in [0.25, 0.3) is 0 Å². The van der Waals surface area contributed by atoms with Crippen molar-refractivity contribution in [2.75, 3.05) is 0 Å². The number of hydrogen-bond donors (Lipinski definition) is 0. The first-order valence-corrected chi connectivity index (χ1v) is 12.7. The summed E-state index contributed by atoms with van der Waals surface area (Å²) in [6, 6.07) is 6.65. The van der Waals surface area contributed by atoms with Gasteiger partial charge in [0, 0.05) is 28.8 Å². The van der Waals surface area contributed by atoms with Crippen molar-refractivity contribution >= 4 is 43.5 Å². The Labute approximate surface area is 195 Å². The highest BCUT2D eigenvalue weighted by Crippen LogP contribution is 2.43. The monoisotopic (exact) mass is 467 g/mol. The predicted molar refractivity (Wildman–Crippen MR) is 130 cm³/mol. The van der Waals surface area contributed by atoms with E-state index >= 15 is 0 Å². The Kier molecular flexibility index (Phi) is 5.68. The number of rotatable bonds is 5. The molecule has 0 amide bonds. The van der Waals surface area contributed by atoms with Crippen LogP contribution in [-0.4, -0.2) is 20.6 Å². The summed E-state index contributed by atoms with van der Waals surface area (Å²) in [5, 5.41) is 2.11. The molecular formula is C25H26FN3OS2. The van der Waals surface area contributed by atoms with Crippen LogP contribution < -0.4 is 0 Å². The van der Waals surface area contributed by atoms with Crippen LogP contribution in [0.2, 0.25) is 0 Å². The summed E-state index contributed by atoms with van der Waals surface area (Å²) in [5.41, 5.74) is 5.57. The Hall–Kier alpha value is -2.09. The molecule has 4 aromatic rings. The van der Waals surface area contributed by atoms with Crippen molar-refractivity contribution in [2.24, 2.45) is 5.92 Å². The summed E-state index contributed by atoms with van der Waals surface area (Å²) < 4.78 is 20.5. The lowest BCUT2D eigenvalue weighted by molar-refractivity contribution is -0.0402. The molecule has 166 valence electrons. The van der Waals surface area contributed by atoms with Crippen molar-refractivity contribution in [1.82, 2.24) is 15.0 Å². The van der Waals surface area contributed by atoms with Crippen molar-refractivity contribution in [2.45, 2.75) is 63.5 Å². The number of halogens is 1. The fourth-order valence-electron chi connectivity index (χ4n) is 4.24. The van der Waals surface area contributed by atoms with E-state index in [1.807, 2.05) is 12.1 Å². The number of aromatic nitrogens is 3. The molecule has 7 heteroatoms. The van der Waals surface area contributed by atoms with Gasteiger partial charge < -0.3 is 4.74 Å². The zero-order chi connectivity index (χ0) is 22.5. The fourth-order valence-corrected chi connectivity index (χ4v) is 6.45. The Morgan fingerprint density at radius 2 is 1.94 bits per heavy atom. The highest BCUT2D eigenvalue weighted by molar-refractivity contribution is 7.98. The molecule has 0 atom stereocenters. The van der Waals surface area contributed by atoms with Gasteiger partial charge in [0.05, 0.1) is 22.4 Å². The van der Waals surface area contributed by atoms with Crippen LogP contribution in [0.15, 0.2) is 35.6 Å². The maximum absolute atomic E-state index is 13.2. The maximum Gasteiger partial charge on any atom is 0.126 e. The minimum atomic E-state index is -0.215. The van der Waals surface area contributed by atoms with Crippen molar-refractivity contribution in [3.63, 3.8) is 0 Å². The molecule has 5 rings (SSSR count). The number of benzene rings is 1. The molecule has 0 radical (unpaired) electrons. The third kappa shape index (κ3) is 4.14. The molecule has 0 aliphatic carbocycles. The Bertz CT molecular complexity index is 1300. The molecule has 0 saturated carbocycles. The highest BCUT2D eigenvalue weighted by atomic mass is 32.2. The maximum atomic E-state index is 13.2. The van der Waals surface area contributed by atoms with E-state index < -0.39 is 0 Å². The molecule has 1 aromatic carbocycles. The van der Waals surface area contributed by atoms with Crippen LogP contribution in [-0.2, 0) is 29.9 Å². The number of ether oxygens (including phenoxy) is 1. The van der Waals surface area contributed by atoms with Gasteiger partial charge in [0.2, 0.25) is 0 Å². The molecule has 0 saturated heterocycles. The second kappa shape index (κ2) is 8.36. The molecule has 4 heterocycles. The number of thiophene rings is 1. The molecular weight excluding hydrogens is 441 g/mol. The second-order valence-corrected chi connectivity index (χ2v) is 11.4. The normalized spacial score (nSPS) is 15.6. The number of pyridine rings is 1. The average Bonchev–Trinajstić information content (AvgIpc) is 3.11. The highest BCUT2D eigenvalue weighted by Gasteiger charge is 2.31. The number of thioether (sulfide) groups is 1. The average molecular weight is 468 g/mol. The van der Waals surface area contributed by atoms with Crippen molar-refractivity contribution in [3.8, 4) is 0 Å². The largest absolute Gasteiger partial charge is 0.370 e. The van der Waals surface area contributed by atoms with Crippen LogP contribution in [0.25, 0.3) is 20.4 Å². The predicted octanol–water partition coefficient (Wildman–Crippen LogP) is 6.72. The van der Waals surface area contributed by atoms with E-state index in [1.54, 1.807) is 29.4 Å². The van der Waals surface area contributed by atoms with E-state index in [-0.39, 0.29) is 11.4 Å². The van der Waals surface area contributed by atoms with E-state index in [2.05, 4.69) is 32.7 Å². The fraction of sp³-hybridized carbons (Fsp3) is 0.400. The van der Waals surface area contributed by atoms with Crippen molar-refractivity contribution in [3.05, 3.63) is 58.8 Å². The molecule has 1 aliphatic rings. The zero-order valence-corrected chi connectivity index (χ0v) is 20.4. The lowest BCUT2D eigenvalue weighted by Gasteiger charge is -2.33. The third-order valence-corrected chi connectivity index (χ3v) is 8.04. The van der Waals surface area contributed by atoms with E-state index in [1.165, 1.54) is 23.3 Å². The van der Waals surface area contributed by atoms with E-state index in [4.69, 9.17) is 14.7 Å². The lowest BCUT2D eigenvalue weighted by atomic mass is 9.88. The van der Waals surface area contributed by atoms with Gasteiger partial charge in [-0.1, -0.05) is 26.0 Å². The molecule has 0 unspecified atom stereocenters. The van der Waals surface area contributed by atoms with Crippen LogP contribution in [0, 0.1) is 11.7 Å². The first-order chi connectivity index (χ1) is 15.3. The minimum absolute atomic E-state index is 0.210. The molecule has 0 N–H and O–H groups in total. The standard InChI is InChI=1S/C25H26FN3OS2/c1-14(2)9-19-18-11-30-25(3,4)10-17(18)20-21-22(32-23(20)29-19)24(28-13-27-21)31-12-15-5-7-16(26)8-6-15/h5-8,13-14H,9-12H2,1-4H3. The van der Waals surface area contributed by atoms with Gasteiger partial charge in [0.1, 0.15) is 22.0 Å². The second-order valence-electron chi connectivity index (χ2n) is 9.39. The van der Waals surface area contributed by atoms with E-state index in [0.29, 0.717) is 12.5 Å². The summed E-state index contributed by atoms with van der Waals surface area (Å²) in [7, 11) is 0. The molecule has 1 aliphatic heterocycles. The summed E-state index contributed by atoms with van der Waals surface area (Å²) in [6.07, 6.45) is 3.44. The molecule has 32 heavy (non-hydrogen) atoms. The molecule has 0 fully saturated rings. The first-order valence-electron chi connectivity index (χ1n) is 10.9. The van der Waals surface area contributed by atoms with Gasteiger partial charge in [-0.3, -0.25) is 0 Å². The van der Waals surface area contributed by atoms with E-state index in [0.717, 1.165) is 55.3 Å². The summed E-state index contributed by atoms with van der Waals surface area (Å²) >= 11 is 3.34. The van der Waals surface area contributed by atoms with Crippen LogP contribution in [0.4, 0.5) is 4.39 Å². The van der Waals surface area contributed by atoms with E-state index in [9.17, 15) is 4.39 Å². The Morgan fingerprint density at radius 3 is 2.69 bits per heavy atom. The lowest BCUT2D eigenvalue weighted by Crippen LogP contribution is -2.33. The molecule has 4 nitrogen and oxygen atoms in total. The van der Waals surface area contributed by atoms with Crippen molar-refractivity contribution < 1.29 is 9.13 Å². The van der Waals surface area contributed by atoms with Gasteiger partial charge >= 0.3 is 0 Å².